The topological polar surface area (TPSA) is 81.8 Å². The molecule has 2 N–H and O–H groups in total. The van der Waals surface area contributed by atoms with Crippen molar-refractivity contribution in [2.75, 3.05) is 35.2 Å². The van der Waals surface area contributed by atoms with Crippen molar-refractivity contribution >= 4 is 34.8 Å². The number of carbonyl (C=O) groups excluding carboxylic acids is 3. The van der Waals surface area contributed by atoms with E-state index in [4.69, 9.17) is 0 Å². The van der Waals surface area contributed by atoms with Crippen LogP contribution in [0.4, 0.5) is 17.1 Å². The molecule has 3 rings (SSSR count). The Morgan fingerprint density at radius 3 is 2.58 bits per heavy atom. The van der Waals surface area contributed by atoms with Gasteiger partial charge in [-0.2, -0.15) is 0 Å². The van der Waals surface area contributed by atoms with Crippen LogP contribution in [0.1, 0.15) is 32.3 Å². The standard InChI is InChI=1S/C24H30N4O3/c1-4-13-27(15-23(30)25-19-10-6-5-9-17(19)2)16-24(31)28-18(3)14-22(29)26-20-11-7-8-12-21(20)28/h5-12,18H,4,13-16H2,1-3H3,(H,25,30)(H,26,29)/t18-/m0/s1. The monoisotopic (exact) mass is 422 g/mol. The number of hydrogen-bond donors (Lipinski definition) is 2. The lowest BCUT2D eigenvalue weighted by molar-refractivity contribution is -0.121. The molecular formula is C24H30N4O3. The van der Waals surface area contributed by atoms with E-state index in [2.05, 4.69) is 10.6 Å². The highest BCUT2D eigenvalue weighted by Gasteiger charge is 2.30. The minimum absolute atomic E-state index is 0.0991. The van der Waals surface area contributed by atoms with Crippen LogP contribution in [0.5, 0.6) is 0 Å². The number of anilines is 3. The number of nitrogens with zero attached hydrogens (tertiary/aromatic N) is 2. The second-order valence-corrected chi connectivity index (χ2v) is 7.96. The Morgan fingerprint density at radius 1 is 1.13 bits per heavy atom. The summed E-state index contributed by atoms with van der Waals surface area (Å²) in [5.74, 6) is -0.399. The van der Waals surface area contributed by atoms with E-state index < -0.39 is 0 Å². The van der Waals surface area contributed by atoms with Crippen molar-refractivity contribution in [1.29, 1.82) is 0 Å². The zero-order valence-electron chi connectivity index (χ0n) is 18.4. The summed E-state index contributed by atoms with van der Waals surface area (Å²) in [5, 5.41) is 5.80. The highest BCUT2D eigenvalue weighted by atomic mass is 16.2. The maximum Gasteiger partial charge on any atom is 0.241 e. The quantitative estimate of drug-likeness (QED) is 0.716. The third-order valence-electron chi connectivity index (χ3n) is 5.31. The first-order valence-corrected chi connectivity index (χ1v) is 10.7. The van der Waals surface area contributed by atoms with Crippen LogP contribution in [0.25, 0.3) is 0 Å². The summed E-state index contributed by atoms with van der Waals surface area (Å²) in [6.07, 6.45) is 1.04. The van der Waals surface area contributed by atoms with E-state index in [0.29, 0.717) is 17.9 Å². The van der Waals surface area contributed by atoms with Crippen molar-refractivity contribution in [3.05, 3.63) is 54.1 Å². The van der Waals surface area contributed by atoms with Crippen molar-refractivity contribution in [1.82, 2.24) is 4.90 Å². The molecule has 0 radical (unpaired) electrons. The molecule has 3 amide bonds. The average Bonchev–Trinajstić information content (AvgIpc) is 2.84. The van der Waals surface area contributed by atoms with Gasteiger partial charge in [0.25, 0.3) is 0 Å². The fourth-order valence-corrected chi connectivity index (χ4v) is 3.87. The molecule has 0 saturated carbocycles. The summed E-state index contributed by atoms with van der Waals surface area (Å²) >= 11 is 0. The molecule has 7 heteroatoms. The lowest BCUT2D eigenvalue weighted by atomic mass is 10.1. The maximum absolute atomic E-state index is 13.3. The second kappa shape index (κ2) is 10.2. The molecule has 0 unspecified atom stereocenters. The molecule has 164 valence electrons. The van der Waals surface area contributed by atoms with Crippen molar-refractivity contribution in [3.63, 3.8) is 0 Å². The number of benzene rings is 2. The molecule has 1 aliphatic heterocycles. The van der Waals surface area contributed by atoms with Crippen LogP contribution in [0.15, 0.2) is 48.5 Å². The van der Waals surface area contributed by atoms with E-state index in [0.717, 1.165) is 17.7 Å². The summed E-state index contributed by atoms with van der Waals surface area (Å²) in [4.78, 5) is 41.7. The largest absolute Gasteiger partial charge is 0.325 e. The Kier molecular flexibility index (Phi) is 7.41. The van der Waals surface area contributed by atoms with Crippen molar-refractivity contribution in [2.45, 2.75) is 39.7 Å². The fraction of sp³-hybridized carbons (Fsp3) is 0.375. The lowest BCUT2D eigenvalue weighted by Gasteiger charge is -2.30. The van der Waals surface area contributed by atoms with Crippen molar-refractivity contribution in [2.24, 2.45) is 0 Å². The van der Waals surface area contributed by atoms with Crippen LogP contribution in [-0.2, 0) is 14.4 Å². The SMILES string of the molecule is CCCN(CC(=O)Nc1ccccc1C)CC(=O)N1c2ccccc2NC(=O)C[C@@H]1C. The van der Waals surface area contributed by atoms with Gasteiger partial charge in [0.05, 0.1) is 24.5 Å². The highest BCUT2D eigenvalue weighted by Crippen LogP contribution is 2.31. The lowest BCUT2D eigenvalue weighted by Crippen LogP contribution is -2.46. The van der Waals surface area contributed by atoms with Gasteiger partial charge in [0.2, 0.25) is 17.7 Å². The van der Waals surface area contributed by atoms with E-state index in [9.17, 15) is 14.4 Å². The number of fused-ring (bicyclic) bond motifs is 1. The Bertz CT molecular complexity index is 959. The number of amides is 3. The zero-order chi connectivity index (χ0) is 22.4. The Hall–Kier alpha value is -3.19. The molecule has 7 nitrogen and oxygen atoms in total. The molecule has 0 fully saturated rings. The van der Waals surface area contributed by atoms with Crippen LogP contribution in [0.2, 0.25) is 0 Å². The molecule has 0 bridgehead atoms. The number of para-hydroxylation sites is 3. The predicted octanol–water partition coefficient (Wildman–Crippen LogP) is 3.41. The second-order valence-electron chi connectivity index (χ2n) is 7.96. The smallest absolute Gasteiger partial charge is 0.241 e. The van der Waals surface area contributed by atoms with Gasteiger partial charge in [0.15, 0.2) is 0 Å². The summed E-state index contributed by atoms with van der Waals surface area (Å²) in [6, 6.07) is 14.6. The minimum Gasteiger partial charge on any atom is -0.325 e. The van der Waals surface area contributed by atoms with E-state index in [1.165, 1.54) is 0 Å². The molecule has 0 aliphatic carbocycles. The van der Waals surface area contributed by atoms with Gasteiger partial charge in [-0.1, -0.05) is 37.3 Å². The molecule has 31 heavy (non-hydrogen) atoms. The van der Waals surface area contributed by atoms with Gasteiger partial charge >= 0.3 is 0 Å². The molecule has 2 aromatic carbocycles. The first-order valence-electron chi connectivity index (χ1n) is 10.7. The zero-order valence-corrected chi connectivity index (χ0v) is 18.4. The van der Waals surface area contributed by atoms with Gasteiger partial charge in [-0.15, -0.1) is 0 Å². The summed E-state index contributed by atoms with van der Waals surface area (Å²) in [5.41, 5.74) is 3.08. The van der Waals surface area contributed by atoms with Gasteiger partial charge < -0.3 is 15.5 Å². The van der Waals surface area contributed by atoms with E-state index in [1.807, 2.05) is 68.1 Å². The van der Waals surface area contributed by atoms with Crippen LogP contribution in [0.3, 0.4) is 0 Å². The number of hydrogen-bond acceptors (Lipinski definition) is 4. The predicted molar refractivity (Wildman–Crippen MR) is 123 cm³/mol. The molecule has 0 spiro atoms. The van der Waals surface area contributed by atoms with Crippen molar-refractivity contribution in [3.8, 4) is 0 Å². The fourth-order valence-electron chi connectivity index (χ4n) is 3.87. The summed E-state index contributed by atoms with van der Waals surface area (Å²) < 4.78 is 0. The normalized spacial score (nSPS) is 15.8. The van der Waals surface area contributed by atoms with Gasteiger partial charge in [-0.3, -0.25) is 19.3 Å². The first kappa shape index (κ1) is 22.5. The van der Waals surface area contributed by atoms with E-state index >= 15 is 0 Å². The third-order valence-corrected chi connectivity index (χ3v) is 5.31. The Labute approximate surface area is 183 Å². The van der Waals surface area contributed by atoms with Crippen LogP contribution < -0.4 is 15.5 Å². The first-order chi connectivity index (χ1) is 14.9. The van der Waals surface area contributed by atoms with Gasteiger partial charge in [-0.05, 0) is 50.6 Å². The molecule has 1 aliphatic rings. The van der Waals surface area contributed by atoms with E-state index in [-0.39, 0.29) is 43.3 Å². The van der Waals surface area contributed by atoms with Gasteiger partial charge in [0, 0.05) is 18.2 Å². The van der Waals surface area contributed by atoms with Crippen LogP contribution in [0, 0.1) is 6.92 Å². The molecule has 0 aromatic heterocycles. The van der Waals surface area contributed by atoms with Crippen LogP contribution >= 0.6 is 0 Å². The average molecular weight is 423 g/mol. The summed E-state index contributed by atoms with van der Waals surface area (Å²) in [6.45, 7) is 6.67. The number of aryl methyl sites for hydroxylation is 1. The van der Waals surface area contributed by atoms with Gasteiger partial charge in [-0.25, -0.2) is 0 Å². The van der Waals surface area contributed by atoms with Gasteiger partial charge in [0.1, 0.15) is 0 Å². The molecule has 0 saturated heterocycles. The summed E-state index contributed by atoms with van der Waals surface area (Å²) in [7, 11) is 0. The number of rotatable bonds is 7. The molecule has 1 atom stereocenters. The Balaban J connectivity index is 1.73. The molecule has 2 aromatic rings. The maximum atomic E-state index is 13.3. The highest BCUT2D eigenvalue weighted by molar-refractivity contribution is 6.05. The minimum atomic E-state index is -0.277. The molecular weight excluding hydrogens is 392 g/mol. The van der Waals surface area contributed by atoms with Crippen molar-refractivity contribution < 1.29 is 14.4 Å². The third kappa shape index (κ3) is 5.70. The Morgan fingerprint density at radius 2 is 1.84 bits per heavy atom. The number of carbonyl (C=O) groups is 3. The van der Waals surface area contributed by atoms with Crippen LogP contribution in [-0.4, -0.2) is 48.3 Å². The molecule has 1 heterocycles. The number of nitrogens with one attached hydrogen (secondary N) is 2. The van der Waals surface area contributed by atoms with E-state index in [1.54, 1.807) is 11.0 Å².